The minimum absolute atomic E-state index is 0.0381. The number of anilines is 1. The molecule has 0 aliphatic rings. The van der Waals surface area contributed by atoms with E-state index in [9.17, 15) is 4.79 Å². The van der Waals surface area contributed by atoms with E-state index in [-0.39, 0.29) is 5.69 Å². The molecule has 0 aliphatic heterocycles. The highest BCUT2D eigenvalue weighted by Gasteiger charge is 2.10. The number of carbonyl (C=O) groups is 1. The Balaban J connectivity index is 2.41. The molecule has 98 valence electrons. The van der Waals surface area contributed by atoms with Crippen LogP contribution in [0.25, 0.3) is 5.65 Å². The number of hydrogen-bond donors (Lipinski definition) is 1. The summed E-state index contributed by atoms with van der Waals surface area (Å²) in [5, 5.41) is 8.92. The first kappa shape index (κ1) is 12.9. The largest absolute Gasteiger partial charge is 0.476 e. The summed E-state index contributed by atoms with van der Waals surface area (Å²) >= 11 is 0. The molecule has 0 saturated heterocycles. The van der Waals surface area contributed by atoms with Crippen molar-refractivity contribution >= 4 is 17.3 Å². The predicted molar refractivity (Wildman–Crippen MR) is 74.8 cm³/mol. The van der Waals surface area contributed by atoms with Gasteiger partial charge in [0.1, 0.15) is 5.65 Å². The molecule has 0 saturated carbocycles. The van der Waals surface area contributed by atoms with Gasteiger partial charge in [0, 0.05) is 25.5 Å². The first-order valence-corrected chi connectivity index (χ1v) is 5.84. The maximum Gasteiger partial charge on any atom is 0.356 e. The molecule has 2 heterocycles. The number of carboxylic acid groups (broad SMARTS) is 1. The maximum absolute atomic E-state index is 10.9. The molecular weight excluding hydrogens is 242 g/mol. The van der Waals surface area contributed by atoms with Crippen molar-refractivity contribution in [3.05, 3.63) is 55.5 Å². The van der Waals surface area contributed by atoms with Crippen LogP contribution in [0.1, 0.15) is 10.5 Å². The molecule has 0 fully saturated rings. The summed E-state index contributed by atoms with van der Waals surface area (Å²) in [5.41, 5.74) is 1.61. The Labute approximate surface area is 111 Å². The quantitative estimate of drug-likeness (QED) is 0.806. The molecular formula is C14H15N3O2. The van der Waals surface area contributed by atoms with E-state index in [2.05, 4.69) is 23.0 Å². The Hall–Kier alpha value is -2.56. The van der Waals surface area contributed by atoms with Crippen molar-refractivity contribution in [3.8, 4) is 0 Å². The van der Waals surface area contributed by atoms with Gasteiger partial charge >= 0.3 is 5.97 Å². The van der Waals surface area contributed by atoms with E-state index < -0.39 is 5.97 Å². The Morgan fingerprint density at radius 3 is 2.58 bits per heavy atom. The molecule has 1 N–H and O–H groups in total. The van der Waals surface area contributed by atoms with E-state index in [1.807, 2.05) is 24.4 Å². The highest BCUT2D eigenvalue weighted by molar-refractivity contribution is 5.86. The molecule has 0 atom stereocenters. The molecule has 0 amide bonds. The molecule has 0 unspecified atom stereocenters. The topological polar surface area (TPSA) is 57.8 Å². The molecule has 0 aliphatic carbocycles. The van der Waals surface area contributed by atoms with E-state index in [4.69, 9.17) is 5.11 Å². The lowest BCUT2D eigenvalue weighted by molar-refractivity contribution is 0.0691. The van der Waals surface area contributed by atoms with E-state index in [1.165, 1.54) is 6.20 Å². The van der Waals surface area contributed by atoms with Gasteiger partial charge in [0.25, 0.3) is 0 Å². The van der Waals surface area contributed by atoms with Gasteiger partial charge in [-0.2, -0.15) is 0 Å². The standard InChI is InChI=1S/C14H15N3O2/c1-3-7-16(8-4-2)11-5-6-13-15-12(14(18)19)10-17(13)9-11/h3-6,9-10H,1-2,7-8H2,(H,18,19). The molecule has 2 aromatic heterocycles. The predicted octanol–water partition coefficient (Wildman–Crippen LogP) is 2.21. The average molecular weight is 257 g/mol. The van der Waals surface area contributed by atoms with Gasteiger partial charge in [-0.3, -0.25) is 0 Å². The first-order valence-electron chi connectivity index (χ1n) is 5.84. The van der Waals surface area contributed by atoms with Crippen molar-refractivity contribution in [2.75, 3.05) is 18.0 Å². The summed E-state index contributed by atoms with van der Waals surface area (Å²) in [6.45, 7) is 8.84. The number of pyridine rings is 1. The van der Waals surface area contributed by atoms with Crippen LogP contribution in [0.15, 0.2) is 49.8 Å². The van der Waals surface area contributed by atoms with Gasteiger partial charge < -0.3 is 14.4 Å². The zero-order chi connectivity index (χ0) is 13.8. The second-order valence-corrected chi connectivity index (χ2v) is 4.07. The Morgan fingerprint density at radius 2 is 2.00 bits per heavy atom. The molecule has 0 aromatic carbocycles. The van der Waals surface area contributed by atoms with Crippen LogP contribution in [0, 0.1) is 0 Å². The number of hydrogen-bond acceptors (Lipinski definition) is 3. The fraction of sp³-hybridized carbons (Fsp3) is 0.143. The highest BCUT2D eigenvalue weighted by Crippen LogP contribution is 2.16. The number of rotatable bonds is 6. The normalized spacial score (nSPS) is 10.3. The fourth-order valence-corrected chi connectivity index (χ4v) is 1.87. The molecule has 2 rings (SSSR count). The minimum atomic E-state index is -1.03. The molecule has 5 heteroatoms. The van der Waals surface area contributed by atoms with Crippen LogP contribution in [-0.2, 0) is 0 Å². The summed E-state index contributed by atoms with van der Waals surface area (Å²) < 4.78 is 1.71. The van der Waals surface area contributed by atoms with Crippen molar-refractivity contribution in [2.45, 2.75) is 0 Å². The number of imidazole rings is 1. The third kappa shape index (κ3) is 2.65. The summed E-state index contributed by atoms with van der Waals surface area (Å²) in [5.74, 6) is -1.03. The van der Waals surface area contributed by atoms with Crippen LogP contribution in [0.5, 0.6) is 0 Å². The second kappa shape index (κ2) is 5.39. The number of carboxylic acids is 1. The van der Waals surface area contributed by atoms with Crippen molar-refractivity contribution in [3.63, 3.8) is 0 Å². The second-order valence-electron chi connectivity index (χ2n) is 4.07. The molecule has 5 nitrogen and oxygen atoms in total. The van der Waals surface area contributed by atoms with Gasteiger partial charge in [-0.15, -0.1) is 13.2 Å². The van der Waals surface area contributed by atoms with Gasteiger partial charge in [0.2, 0.25) is 0 Å². The summed E-state index contributed by atoms with van der Waals surface area (Å²) in [4.78, 5) is 17.0. The monoisotopic (exact) mass is 257 g/mol. The lowest BCUT2D eigenvalue weighted by Gasteiger charge is -2.21. The Kier molecular flexibility index (Phi) is 3.66. The third-order valence-corrected chi connectivity index (χ3v) is 2.72. The minimum Gasteiger partial charge on any atom is -0.476 e. The fourth-order valence-electron chi connectivity index (χ4n) is 1.87. The van der Waals surface area contributed by atoms with Gasteiger partial charge in [0.05, 0.1) is 5.69 Å². The van der Waals surface area contributed by atoms with Crippen LogP contribution >= 0.6 is 0 Å². The lowest BCUT2D eigenvalue weighted by Crippen LogP contribution is -2.23. The van der Waals surface area contributed by atoms with E-state index in [1.54, 1.807) is 10.5 Å². The van der Waals surface area contributed by atoms with Gasteiger partial charge in [-0.1, -0.05) is 12.2 Å². The Morgan fingerprint density at radius 1 is 1.32 bits per heavy atom. The summed E-state index contributed by atoms with van der Waals surface area (Å²) in [7, 11) is 0. The smallest absolute Gasteiger partial charge is 0.356 e. The number of fused-ring (bicyclic) bond motifs is 1. The molecule has 2 aromatic rings. The van der Waals surface area contributed by atoms with Crippen molar-refractivity contribution in [2.24, 2.45) is 0 Å². The average Bonchev–Trinajstić information content (AvgIpc) is 2.81. The first-order chi connectivity index (χ1) is 9.15. The lowest BCUT2D eigenvalue weighted by atomic mass is 10.3. The van der Waals surface area contributed by atoms with Crippen molar-refractivity contribution in [1.82, 2.24) is 9.38 Å². The third-order valence-electron chi connectivity index (χ3n) is 2.72. The maximum atomic E-state index is 10.9. The van der Waals surface area contributed by atoms with Gasteiger partial charge in [0.15, 0.2) is 5.69 Å². The molecule has 19 heavy (non-hydrogen) atoms. The van der Waals surface area contributed by atoms with Gasteiger partial charge in [-0.25, -0.2) is 9.78 Å². The van der Waals surface area contributed by atoms with E-state index in [0.717, 1.165) is 5.69 Å². The summed E-state index contributed by atoms with van der Waals surface area (Å²) in [6, 6.07) is 3.70. The van der Waals surface area contributed by atoms with E-state index in [0.29, 0.717) is 18.7 Å². The van der Waals surface area contributed by atoms with Crippen LogP contribution < -0.4 is 4.90 Å². The SMILES string of the molecule is C=CCN(CC=C)c1ccc2nc(C(=O)O)cn2c1. The van der Waals surface area contributed by atoms with Crippen molar-refractivity contribution < 1.29 is 9.90 Å². The van der Waals surface area contributed by atoms with Crippen molar-refractivity contribution in [1.29, 1.82) is 0 Å². The summed E-state index contributed by atoms with van der Waals surface area (Å²) in [6.07, 6.45) is 6.97. The Bertz CT molecular complexity index is 621. The molecule has 0 spiro atoms. The zero-order valence-corrected chi connectivity index (χ0v) is 10.5. The molecule has 0 radical (unpaired) electrons. The van der Waals surface area contributed by atoms with Crippen LogP contribution in [0.4, 0.5) is 5.69 Å². The van der Waals surface area contributed by atoms with E-state index >= 15 is 0 Å². The zero-order valence-electron chi connectivity index (χ0n) is 10.5. The number of aromatic nitrogens is 2. The highest BCUT2D eigenvalue weighted by atomic mass is 16.4. The van der Waals surface area contributed by atoms with Crippen LogP contribution in [-0.4, -0.2) is 33.6 Å². The molecule has 0 bridgehead atoms. The van der Waals surface area contributed by atoms with Crippen LogP contribution in [0.2, 0.25) is 0 Å². The number of aromatic carboxylic acids is 1. The van der Waals surface area contributed by atoms with Crippen LogP contribution in [0.3, 0.4) is 0 Å². The van der Waals surface area contributed by atoms with Gasteiger partial charge in [-0.05, 0) is 12.1 Å². The number of nitrogens with zero attached hydrogens (tertiary/aromatic N) is 3.